The molecule has 0 amide bonds. The number of rotatable bonds is 17. The Balaban J connectivity index is 0.000000782. The molecule has 0 N–H and O–H groups in total. The molecule has 3 aromatic heterocycles. The fraction of sp³-hybridized carbons (Fsp3) is 0.914. The van der Waals surface area contributed by atoms with E-state index < -0.39 is 0 Å². The summed E-state index contributed by atoms with van der Waals surface area (Å²) in [7, 11) is 14.3. The molecule has 0 saturated carbocycles. The van der Waals surface area contributed by atoms with Crippen molar-refractivity contribution >= 4 is 11.3 Å². The summed E-state index contributed by atoms with van der Waals surface area (Å²) in [5.41, 5.74) is 2.10. The molecule has 16 fully saturated rings. The van der Waals surface area contributed by atoms with Crippen LogP contribution >= 0.6 is 11.3 Å². The number of aryl methyl sites for hydroxylation is 3. The van der Waals surface area contributed by atoms with Gasteiger partial charge in [-0.25, -0.2) is 9.55 Å². The summed E-state index contributed by atoms with van der Waals surface area (Å²) in [5.74, 6) is 1.12. The normalized spacial score (nSPS) is 23.7. The molecule has 0 spiro atoms. The lowest BCUT2D eigenvalue weighted by atomic mass is 9.86. The van der Waals surface area contributed by atoms with Gasteiger partial charge >= 0.3 is 0 Å². The molecule has 16 aliphatic heterocycles. The number of imidazole rings is 1. The van der Waals surface area contributed by atoms with Gasteiger partial charge in [0.05, 0.1) is 198 Å². The van der Waals surface area contributed by atoms with Crippen LogP contribution in [0.25, 0.3) is 0 Å². The van der Waals surface area contributed by atoms with Gasteiger partial charge in [0.15, 0.2) is 18.6 Å². The van der Waals surface area contributed by atoms with E-state index in [1.165, 1.54) is 608 Å². The van der Waals surface area contributed by atoms with E-state index in [4.69, 9.17) is 0 Å². The third-order valence-electron chi connectivity index (χ3n) is 36.9. The Morgan fingerprint density at radius 3 is 0.599 bits per heavy atom. The summed E-state index contributed by atoms with van der Waals surface area (Å²) in [4.78, 5) is 21.5. The zero-order chi connectivity index (χ0) is 107. The van der Waals surface area contributed by atoms with Crippen LogP contribution in [-0.2, 0) is 19.6 Å². The highest BCUT2D eigenvalue weighted by Gasteiger charge is 2.38. The Morgan fingerprint density at radius 2 is 0.442 bits per heavy atom. The summed E-state index contributed by atoms with van der Waals surface area (Å²) in [5, 5.41) is 2.07. The Kier molecular flexibility index (Phi) is 89.6. The van der Waals surface area contributed by atoms with Crippen LogP contribution in [-0.4, -0.2) is 399 Å². The van der Waals surface area contributed by atoms with Gasteiger partial charge in [-0.15, -0.1) is 0 Å². The number of piperidine rings is 10. The van der Waals surface area contributed by atoms with Crippen LogP contribution in [0.4, 0.5) is 0 Å². The Bertz CT molecular complexity index is 2940. The Morgan fingerprint density at radius 1 is 0.238 bits per heavy atom. The number of hydrogen-bond donors (Lipinski definition) is 0. The van der Waals surface area contributed by atoms with Crippen molar-refractivity contribution in [3.63, 3.8) is 0 Å². The molecule has 0 aliphatic carbocycles. The van der Waals surface area contributed by atoms with Crippen molar-refractivity contribution < 1.29 is 40.5 Å². The van der Waals surface area contributed by atoms with Gasteiger partial charge in [-0.05, 0) is 431 Å². The average molecular weight is 2090 g/mol. The van der Waals surface area contributed by atoms with Crippen LogP contribution in [0.2, 0.25) is 0 Å². The first-order valence-corrected chi connectivity index (χ1v) is 65.5. The van der Waals surface area contributed by atoms with Crippen molar-refractivity contribution in [3.8, 4) is 0 Å². The van der Waals surface area contributed by atoms with Gasteiger partial charge in [0.1, 0.15) is 13.1 Å². The second kappa shape index (κ2) is 92.4. The minimum atomic E-state index is 0. The molecule has 147 heavy (non-hydrogen) atoms. The van der Waals surface area contributed by atoms with Gasteiger partial charge in [0.25, 0.3) is 0 Å². The Hall–Kier alpha value is -2.57. The van der Waals surface area contributed by atoms with Crippen molar-refractivity contribution in [2.75, 3.05) is 324 Å². The second-order valence-corrected chi connectivity index (χ2v) is 48.8. The summed E-state index contributed by atoms with van der Waals surface area (Å²) in [6.45, 7) is 99.7. The fourth-order valence-corrected chi connectivity index (χ4v) is 24.0. The zero-order valence-corrected chi connectivity index (χ0v) is 104. The largest absolute Gasteiger partial charge is 0.338 e. The molecule has 0 unspecified atom stereocenters. The van der Waals surface area contributed by atoms with Crippen LogP contribution in [0.3, 0.4) is 0 Å². The number of fused-ring (bicyclic) bond motifs is 3. The number of hydrogen-bond acceptors (Lipinski definition) is 9. The average Bonchev–Trinajstić information content (AvgIpc) is 1.32. The molecule has 0 aromatic carbocycles. The molecular formula is C128H269N18S+9. The number of likely N-dealkylation sites (tertiary alicyclic amines) is 13. The smallest absolute Gasteiger partial charge is 0.224 e. The van der Waals surface area contributed by atoms with E-state index in [0.717, 1.165) is 25.6 Å². The number of quaternary nitrogens is 7. The minimum Gasteiger partial charge on any atom is -0.338 e. The standard InChI is InChI=1S/C10H22N.C9H18N.C9H20N.C9H19N.3C8H18N.C8H17N.C7H16N.4C7H15N.C7H10N.C6H13N.C5H8N2.C5H8NS.CH4/c1-3-11(2)9-7-5-4-6-8-10-11;1-2-10-6-3-9(4-7-10)5-8-10;1-3-10(2)8-6-4-5-7-9-10;1-2-10-8-6-4-3-5-7-9-10;3*1-3-9(2)7-5-4-6-8-9;1-2-9-7-5-3-4-6-8-9;1-3-8(2)6-4-5-7-8;5*1-2-8-6-4-3-5-7-8;1-2-7-5-3-4-6-7;1-2-7-4-3-6-5-7;1-2-6-3-4-7-5-6;/h3-10H2,1-2H3;9H,2-8H2,1H3;3-9H2,1-2H3;2-9H2,1H3;3*3-8H2,1-2H3;2-8H2,1H3;3-7H2,1-2H3;4*2-7H2,1H3;3-7H,2H2,1H3;2-6H2,1H3;2*3-5H,2H2,1H3;1H4/q3*+1;;3*+1;;+1;;;;;+1;;;+1;. The first-order valence-electron chi connectivity index (χ1n) is 64.5. The van der Waals surface area contributed by atoms with Gasteiger partial charge in [0, 0.05) is 43.9 Å². The third kappa shape index (κ3) is 72.9. The molecule has 0 atom stereocenters. The molecule has 2 bridgehead atoms. The van der Waals surface area contributed by atoms with Gasteiger partial charge in [-0.3, -0.25) is 0 Å². The van der Waals surface area contributed by atoms with Gasteiger partial charge in [-0.1, -0.05) is 138 Å². The quantitative estimate of drug-likeness (QED) is 0.0979. The van der Waals surface area contributed by atoms with E-state index in [1.807, 2.05) is 29.0 Å². The first-order chi connectivity index (χ1) is 70.8. The van der Waals surface area contributed by atoms with E-state index in [1.54, 1.807) is 23.9 Å². The van der Waals surface area contributed by atoms with Gasteiger partial charge in [-0.2, -0.15) is 4.57 Å². The van der Waals surface area contributed by atoms with Crippen molar-refractivity contribution in [2.24, 2.45) is 5.92 Å². The van der Waals surface area contributed by atoms with Crippen molar-refractivity contribution in [3.05, 3.63) is 66.4 Å². The van der Waals surface area contributed by atoms with Crippen LogP contribution < -0.4 is 9.13 Å². The van der Waals surface area contributed by atoms with Gasteiger partial charge in [0.2, 0.25) is 5.51 Å². The first kappa shape index (κ1) is 142. The predicted octanol–water partition coefficient (Wildman–Crippen LogP) is 27.1. The highest BCUT2D eigenvalue weighted by Crippen LogP contribution is 2.33. The highest BCUT2D eigenvalue weighted by molar-refractivity contribution is 7.07. The number of aromatic nitrogens is 4. The van der Waals surface area contributed by atoms with Crippen LogP contribution in [0.5, 0.6) is 0 Å². The Labute approximate surface area is 926 Å². The van der Waals surface area contributed by atoms with Crippen LogP contribution in [0.1, 0.15) is 420 Å². The van der Waals surface area contributed by atoms with Crippen molar-refractivity contribution in [1.82, 2.24) is 43.9 Å². The van der Waals surface area contributed by atoms with E-state index in [-0.39, 0.29) is 7.43 Å². The van der Waals surface area contributed by atoms with Crippen LogP contribution in [0, 0.1) is 5.92 Å². The minimum absolute atomic E-state index is 0. The lowest BCUT2D eigenvalue weighted by Gasteiger charge is -2.48. The highest BCUT2D eigenvalue weighted by atomic mass is 32.1. The van der Waals surface area contributed by atoms with E-state index in [2.05, 4.69) is 238 Å². The molecule has 16 aliphatic rings. The van der Waals surface area contributed by atoms with E-state index in [9.17, 15) is 0 Å². The number of thiazole rings is 1. The lowest BCUT2D eigenvalue weighted by molar-refractivity contribution is -0.941. The van der Waals surface area contributed by atoms with Crippen molar-refractivity contribution in [2.45, 2.75) is 440 Å². The second-order valence-electron chi connectivity index (χ2n) is 48.1. The van der Waals surface area contributed by atoms with Gasteiger partial charge < -0.3 is 70.2 Å². The summed E-state index contributed by atoms with van der Waals surface area (Å²) in [6, 6.07) is 6.08. The molecule has 19 heterocycles. The molecule has 0 radical (unpaired) electrons. The maximum Gasteiger partial charge on any atom is 0.224 e. The van der Waals surface area contributed by atoms with E-state index in [0.29, 0.717) is 0 Å². The summed E-state index contributed by atoms with van der Waals surface area (Å²) < 4.78 is 15.7. The molecule has 16 saturated heterocycles. The zero-order valence-electron chi connectivity index (χ0n) is 103. The van der Waals surface area contributed by atoms with E-state index >= 15 is 0 Å². The maximum atomic E-state index is 3.86. The molecule has 18 nitrogen and oxygen atoms in total. The predicted molar refractivity (Wildman–Crippen MR) is 652 cm³/mol. The van der Waals surface area contributed by atoms with Crippen LogP contribution in [0.15, 0.2) is 66.4 Å². The molecule has 19 rings (SSSR count). The topological polar surface area (TPSA) is 48.3 Å². The van der Waals surface area contributed by atoms with Crippen molar-refractivity contribution in [1.29, 1.82) is 0 Å². The molecule has 868 valence electrons. The molecule has 3 aromatic rings. The molecular weight excluding hydrogens is 1820 g/mol. The third-order valence-corrected chi connectivity index (χ3v) is 37.6. The number of pyridine rings is 1. The maximum absolute atomic E-state index is 3.86. The fourth-order valence-electron chi connectivity index (χ4n) is 23.4. The molecule has 19 heteroatoms. The number of nitrogens with zero attached hydrogens (tertiary/aromatic N) is 18. The SMILES string of the molecule is C.CCN1CCCC1.CCN1CCCCC1.CCN1CCCCC1.CCN1CCCCC1.CCN1CCCCC1.CCN1CCCCCC1.CCN1CCCCCCC1.CC[N+]1(C)CCCC1.CC[N+]1(C)CCCCC1.CC[N+]1(C)CCCCC1.CC[N+]1(C)CCCCC1.CC[N+]1(C)CCCCCC1.CC[N+]1(C)CCCCCCC1.CC[N+]12CCC(CC1)CC2.CC[n+]1ccccc1.CC[n+]1ccsc1.CCn1ccnc1. The lowest BCUT2D eigenvalue weighted by Crippen LogP contribution is -2.57. The summed E-state index contributed by atoms with van der Waals surface area (Å²) >= 11 is 1.73. The summed E-state index contributed by atoms with van der Waals surface area (Å²) in [6.07, 6.45) is 78.5. The monoisotopic (exact) mass is 2090 g/mol.